The number of piperidine rings is 1. The predicted octanol–water partition coefficient (Wildman–Crippen LogP) is 1.19. The molecule has 6 heteroatoms. The fraction of sp³-hybridized carbons (Fsp3) is 0.846. The van der Waals surface area contributed by atoms with Crippen molar-refractivity contribution < 1.29 is 9.59 Å². The minimum absolute atomic E-state index is 0.0562. The molecule has 2 rings (SSSR count). The number of hydrogen-bond donors (Lipinski definition) is 2. The van der Waals surface area contributed by atoms with Crippen molar-refractivity contribution in [2.45, 2.75) is 51.2 Å². The summed E-state index contributed by atoms with van der Waals surface area (Å²) in [6.07, 6.45) is 3.58. The standard InChI is InChI=1S/C13H23N3O2S/c1-9(2)16(7-10-5-3-4-6-14-10)12(17)11-8-19-13(18)15-11/h9-11,14H,3-8H2,1-2H3,(H,15,18). The van der Waals surface area contributed by atoms with Crippen molar-refractivity contribution in [1.82, 2.24) is 15.5 Å². The van der Waals surface area contributed by atoms with Gasteiger partial charge >= 0.3 is 0 Å². The topological polar surface area (TPSA) is 61.4 Å². The normalized spacial score (nSPS) is 27.4. The maximum Gasteiger partial charge on any atom is 0.279 e. The third-order valence-electron chi connectivity index (χ3n) is 3.71. The van der Waals surface area contributed by atoms with Gasteiger partial charge in [0.15, 0.2) is 0 Å². The van der Waals surface area contributed by atoms with Crippen LogP contribution in [0.4, 0.5) is 4.79 Å². The van der Waals surface area contributed by atoms with Crippen LogP contribution in [-0.4, -0.2) is 53.0 Å². The number of rotatable bonds is 4. The van der Waals surface area contributed by atoms with Crippen LogP contribution in [0, 0.1) is 0 Å². The van der Waals surface area contributed by atoms with E-state index in [9.17, 15) is 9.59 Å². The van der Waals surface area contributed by atoms with E-state index in [1.54, 1.807) is 0 Å². The van der Waals surface area contributed by atoms with Crippen molar-refractivity contribution in [3.8, 4) is 0 Å². The molecule has 2 N–H and O–H groups in total. The van der Waals surface area contributed by atoms with Crippen LogP contribution in [0.15, 0.2) is 0 Å². The van der Waals surface area contributed by atoms with E-state index in [0.717, 1.165) is 19.5 Å². The maximum absolute atomic E-state index is 12.5. The fourth-order valence-electron chi connectivity index (χ4n) is 2.59. The van der Waals surface area contributed by atoms with Gasteiger partial charge < -0.3 is 15.5 Å². The molecule has 0 saturated carbocycles. The lowest BCUT2D eigenvalue weighted by Crippen LogP contribution is -2.53. The SMILES string of the molecule is CC(C)N(CC1CCCCN1)C(=O)C1CSC(=O)N1. The average molecular weight is 285 g/mol. The minimum Gasteiger partial charge on any atom is -0.337 e. The van der Waals surface area contributed by atoms with Crippen molar-refractivity contribution in [3.05, 3.63) is 0 Å². The molecule has 0 aromatic carbocycles. The van der Waals surface area contributed by atoms with Gasteiger partial charge in [-0.1, -0.05) is 18.2 Å². The Morgan fingerprint density at radius 3 is 2.79 bits per heavy atom. The zero-order chi connectivity index (χ0) is 13.8. The summed E-state index contributed by atoms with van der Waals surface area (Å²) in [7, 11) is 0. The number of hydrogen-bond acceptors (Lipinski definition) is 4. The molecule has 2 heterocycles. The smallest absolute Gasteiger partial charge is 0.279 e. The highest BCUT2D eigenvalue weighted by Gasteiger charge is 2.33. The highest BCUT2D eigenvalue weighted by atomic mass is 32.2. The quantitative estimate of drug-likeness (QED) is 0.814. The first-order valence-corrected chi connectivity index (χ1v) is 8.03. The molecule has 2 unspecified atom stereocenters. The second-order valence-corrected chi connectivity index (χ2v) is 6.52. The van der Waals surface area contributed by atoms with Gasteiger partial charge in [0.2, 0.25) is 5.91 Å². The van der Waals surface area contributed by atoms with Gasteiger partial charge in [-0.15, -0.1) is 0 Å². The predicted molar refractivity (Wildman–Crippen MR) is 77.3 cm³/mol. The van der Waals surface area contributed by atoms with E-state index in [1.165, 1.54) is 24.6 Å². The van der Waals surface area contributed by atoms with Crippen molar-refractivity contribution in [1.29, 1.82) is 0 Å². The lowest BCUT2D eigenvalue weighted by molar-refractivity contribution is -0.134. The summed E-state index contributed by atoms with van der Waals surface area (Å²) in [5.74, 6) is 0.611. The number of carbonyl (C=O) groups is 2. The molecule has 5 nitrogen and oxygen atoms in total. The van der Waals surface area contributed by atoms with E-state index < -0.39 is 0 Å². The van der Waals surface area contributed by atoms with E-state index in [4.69, 9.17) is 0 Å². The molecule has 0 aromatic heterocycles. The Hall–Kier alpha value is -0.750. The Morgan fingerprint density at radius 1 is 1.47 bits per heavy atom. The molecule has 0 spiro atoms. The third-order valence-corrected chi connectivity index (χ3v) is 4.59. The molecule has 0 aliphatic carbocycles. The lowest BCUT2D eigenvalue weighted by atomic mass is 10.0. The van der Waals surface area contributed by atoms with Crippen LogP contribution >= 0.6 is 11.8 Å². The van der Waals surface area contributed by atoms with Crippen LogP contribution in [0.1, 0.15) is 33.1 Å². The number of amides is 2. The second kappa shape index (κ2) is 6.61. The Labute approximate surface area is 118 Å². The molecule has 2 amide bonds. The highest BCUT2D eigenvalue weighted by Crippen LogP contribution is 2.17. The Bertz CT molecular complexity index is 343. The molecule has 2 fully saturated rings. The van der Waals surface area contributed by atoms with Gasteiger partial charge in [0.25, 0.3) is 5.24 Å². The maximum atomic E-state index is 12.5. The monoisotopic (exact) mass is 285 g/mol. The molecule has 2 atom stereocenters. The van der Waals surface area contributed by atoms with Crippen molar-refractivity contribution >= 4 is 22.9 Å². The van der Waals surface area contributed by atoms with Crippen LogP contribution in [-0.2, 0) is 4.79 Å². The number of nitrogens with one attached hydrogen (secondary N) is 2. The van der Waals surface area contributed by atoms with E-state index in [-0.39, 0.29) is 23.2 Å². The van der Waals surface area contributed by atoms with Gasteiger partial charge in [0.05, 0.1) is 0 Å². The van der Waals surface area contributed by atoms with Crippen molar-refractivity contribution in [3.63, 3.8) is 0 Å². The van der Waals surface area contributed by atoms with Gasteiger partial charge in [0.1, 0.15) is 6.04 Å². The highest BCUT2D eigenvalue weighted by molar-refractivity contribution is 8.14. The zero-order valence-corrected chi connectivity index (χ0v) is 12.5. The fourth-order valence-corrected chi connectivity index (χ4v) is 3.36. The molecular formula is C13H23N3O2S. The summed E-state index contributed by atoms with van der Waals surface area (Å²) in [5, 5.41) is 6.13. The molecule has 0 radical (unpaired) electrons. The summed E-state index contributed by atoms with van der Waals surface area (Å²) >= 11 is 1.20. The second-order valence-electron chi connectivity index (χ2n) is 5.53. The molecule has 2 aliphatic heterocycles. The van der Waals surface area contributed by atoms with E-state index >= 15 is 0 Å². The van der Waals surface area contributed by atoms with Crippen LogP contribution in [0.3, 0.4) is 0 Å². The number of nitrogens with zero attached hydrogens (tertiary/aromatic N) is 1. The van der Waals surface area contributed by atoms with Crippen molar-refractivity contribution in [2.24, 2.45) is 0 Å². The van der Waals surface area contributed by atoms with Gasteiger partial charge in [-0.05, 0) is 33.2 Å². The first-order valence-electron chi connectivity index (χ1n) is 7.05. The number of carbonyl (C=O) groups excluding carboxylic acids is 2. The van der Waals surface area contributed by atoms with Crippen LogP contribution in [0.2, 0.25) is 0 Å². The molecule has 2 aliphatic rings. The molecular weight excluding hydrogens is 262 g/mol. The Morgan fingerprint density at radius 2 is 2.26 bits per heavy atom. The molecule has 0 aromatic rings. The summed E-state index contributed by atoms with van der Waals surface area (Å²) in [4.78, 5) is 25.6. The van der Waals surface area contributed by atoms with Crippen LogP contribution in [0.25, 0.3) is 0 Å². The first kappa shape index (κ1) is 14.7. The van der Waals surface area contributed by atoms with Gasteiger partial charge in [-0.3, -0.25) is 9.59 Å². The van der Waals surface area contributed by atoms with Crippen LogP contribution in [0.5, 0.6) is 0 Å². The summed E-state index contributed by atoms with van der Waals surface area (Å²) in [6, 6.07) is 0.215. The van der Waals surface area contributed by atoms with Crippen molar-refractivity contribution in [2.75, 3.05) is 18.8 Å². The van der Waals surface area contributed by atoms with E-state index in [1.807, 2.05) is 18.7 Å². The van der Waals surface area contributed by atoms with Gasteiger partial charge in [-0.25, -0.2) is 0 Å². The van der Waals surface area contributed by atoms with Gasteiger partial charge in [0, 0.05) is 24.4 Å². The van der Waals surface area contributed by atoms with E-state index in [2.05, 4.69) is 10.6 Å². The first-order chi connectivity index (χ1) is 9.08. The Balaban J connectivity index is 1.94. The minimum atomic E-state index is -0.344. The van der Waals surface area contributed by atoms with E-state index in [0.29, 0.717) is 11.8 Å². The molecule has 108 valence electrons. The zero-order valence-electron chi connectivity index (χ0n) is 11.6. The average Bonchev–Trinajstić information content (AvgIpc) is 2.83. The third kappa shape index (κ3) is 3.86. The lowest BCUT2D eigenvalue weighted by Gasteiger charge is -2.34. The van der Waals surface area contributed by atoms with Crippen LogP contribution < -0.4 is 10.6 Å². The Kier molecular flexibility index (Phi) is 5.10. The molecule has 0 bridgehead atoms. The number of thioether (sulfide) groups is 1. The largest absolute Gasteiger partial charge is 0.337 e. The van der Waals surface area contributed by atoms with Gasteiger partial charge in [-0.2, -0.15) is 0 Å². The summed E-state index contributed by atoms with van der Waals surface area (Å²) in [6.45, 7) is 5.85. The summed E-state index contributed by atoms with van der Waals surface area (Å²) in [5.41, 5.74) is 0. The summed E-state index contributed by atoms with van der Waals surface area (Å²) < 4.78 is 0. The molecule has 19 heavy (non-hydrogen) atoms. The molecule has 2 saturated heterocycles.